The lowest BCUT2D eigenvalue weighted by molar-refractivity contribution is -0.133. The lowest BCUT2D eigenvalue weighted by Crippen LogP contribution is -2.48. The van der Waals surface area contributed by atoms with Gasteiger partial charge in [0.1, 0.15) is 6.61 Å². The van der Waals surface area contributed by atoms with Crippen LogP contribution in [-0.2, 0) is 4.79 Å². The van der Waals surface area contributed by atoms with Gasteiger partial charge in [0.15, 0.2) is 17.6 Å². The summed E-state index contributed by atoms with van der Waals surface area (Å²) in [4.78, 5) is 14.6. The normalized spacial score (nSPS) is 31.4. The maximum atomic E-state index is 12.8. The predicted octanol–water partition coefficient (Wildman–Crippen LogP) is 2.21. The van der Waals surface area contributed by atoms with Gasteiger partial charge in [-0.25, -0.2) is 0 Å². The zero-order valence-electron chi connectivity index (χ0n) is 14.2. The van der Waals surface area contributed by atoms with Crippen LogP contribution >= 0.6 is 0 Å². The van der Waals surface area contributed by atoms with Crippen molar-refractivity contribution in [2.45, 2.75) is 50.3 Å². The summed E-state index contributed by atoms with van der Waals surface area (Å²) in [5.74, 6) is 2.41. The highest BCUT2D eigenvalue weighted by Crippen LogP contribution is 2.34. The average molecular weight is 330 g/mol. The van der Waals surface area contributed by atoms with Crippen LogP contribution in [0.4, 0.5) is 0 Å². The summed E-state index contributed by atoms with van der Waals surface area (Å²) < 4.78 is 11.7. The Morgan fingerprint density at radius 2 is 2.04 bits per heavy atom. The van der Waals surface area contributed by atoms with E-state index in [-0.39, 0.29) is 18.1 Å². The Morgan fingerprint density at radius 3 is 2.88 bits per heavy atom. The van der Waals surface area contributed by atoms with Gasteiger partial charge in [-0.15, -0.1) is 0 Å². The van der Waals surface area contributed by atoms with Gasteiger partial charge in [0.05, 0.1) is 12.6 Å². The molecule has 0 radical (unpaired) electrons. The highest BCUT2D eigenvalue weighted by Gasteiger charge is 2.39. The lowest BCUT2D eigenvalue weighted by Gasteiger charge is -2.30. The van der Waals surface area contributed by atoms with E-state index in [1.165, 1.54) is 25.7 Å². The molecule has 4 unspecified atom stereocenters. The molecule has 1 aromatic carbocycles. The van der Waals surface area contributed by atoms with Crippen molar-refractivity contribution in [1.82, 2.24) is 10.2 Å². The summed E-state index contributed by atoms with van der Waals surface area (Å²) in [5, 5.41) is 3.56. The molecule has 1 aliphatic carbocycles. The predicted molar refractivity (Wildman–Crippen MR) is 91.3 cm³/mol. The summed E-state index contributed by atoms with van der Waals surface area (Å²) >= 11 is 0. The smallest absolute Gasteiger partial charge is 0.239 e. The van der Waals surface area contributed by atoms with Gasteiger partial charge in [-0.05, 0) is 37.3 Å². The zero-order valence-corrected chi connectivity index (χ0v) is 14.2. The van der Waals surface area contributed by atoms with Crippen molar-refractivity contribution in [3.05, 3.63) is 24.3 Å². The quantitative estimate of drug-likeness (QED) is 0.923. The topological polar surface area (TPSA) is 50.8 Å². The maximum absolute atomic E-state index is 12.8. The first-order chi connectivity index (χ1) is 11.7. The molecule has 4 atom stereocenters. The molecule has 0 spiro atoms. The van der Waals surface area contributed by atoms with E-state index < -0.39 is 0 Å². The molecular formula is C19H26N2O3. The Bertz CT molecular complexity index is 592. The molecule has 1 N–H and O–H groups in total. The first-order valence-corrected chi connectivity index (χ1v) is 9.10. The second-order valence-corrected chi connectivity index (χ2v) is 7.32. The molecule has 2 fully saturated rings. The lowest BCUT2D eigenvalue weighted by atomic mass is 9.85. The molecule has 1 aromatic rings. The number of amides is 1. The van der Waals surface area contributed by atoms with E-state index >= 15 is 0 Å². The second-order valence-electron chi connectivity index (χ2n) is 7.32. The number of carbonyl (C=O) groups is 1. The molecule has 2 aliphatic heterocycles. The van der Waals surface area contributed by atoms with Crippen molar-refractivity contribution >= 4 is 5.91 Å². The second kappa shape index (κ2) is 6.63. The van der Waals surface area contributed by atoms with Crippen molar-refractivity contribution in [2.24, 2.45) is 5.92 Å². The van der Waals surface area contributed by atoms with Gasteiger partial charge in [0.2, 0.25) is 5.91 Å². The van der Waals surface area contributed by atoms with E-state index in [1.54, 1.807) is 4.90 Å². The number of hydrogen-bond donors (Lipinski definition) is 1. The number of benzene rings is 1. The third-order valence-corrected chi connectivity index (χ3v) is 5.58. The minimum atomic E-state index is -0.113. The van der Waals surface area contributed by atoms with Crippen LogP contribution in [0.2, 0.25) is 0 Å². The van der Waals surface area contributed by atoms with E-state index in [0.29, 0.717) is 25.1 Å². The van der Waals surface area contributed by atoms with Gasteiger partial charge in [0.25, 0.3) is 0 Å². The summed E-state index contributed by atoms with van der Waals surface area (Å²) in [5.41, 5.74) is 0. The first-order valence-electron chi connectivity index (χ1n) is 9.10. The Balaban J connectivity index is 1.33. The average Bonchev–Trinajstić information content (AvgIpc) is 3.05. The Hall–Kier alpha value is -1.75. The highest BCUT2D eigenvalue weighted by atomic mass is 16.6. The van der Waals surface area contributed by atoms with Gasteiger partial charge in [-0.3, -0.25) is 4.79 Å². The van der Waals surface area contributed by atoms with E-state index in [2.05, 4.69) is 5.32 Å². The van der Waals surface area contributed by atoms with E-state index in [4.69, 9.17) is 9.47 Å². The molecule has 1 saturated carbocycles. The van der Waals surface area contributed by atoms with Crippen LogP contribution < -0.4 is 14.8 Å². The summed E-state index contributed by atoms with van der Waals surface area (Å²) in [7, 11) is 1.87. The van der Waals surface area contributed by atoms with Crippen molar-refractivity contribution < 1.29 is 14.3 Å². The third kappa shape index (κ3) is 3.09. The maximum Gasteiger partial charge on any atom is 0.239 e. The Labute approximate surface area is 143 Å². The molecule has 24 heavy (non-hydrogen) atoms. The minimum Gasteiger partial charge on any atom is -0.486 e. The molecule has 4 rings (SSSR count). The molecule has 1 amide bonds. The van der Waals surface area contributed by atoms with Crippen molar-refractivity contribution in [1.29, 1.82) is 0 Å². The number of hydrogen-bond acceptors (Lipinski definition) is 4. The highest BCUT2D eigenvalue weighted by molar-refractivity contribution is 5.82. The van der Waals surface area contributed by atoms with Crippen LogP contribution in [0.1, 0.15) is 32.1 Å². The largest absolute Gasteiger partial charge is 0.486 e. The van der Waals surface area contributed by atoms with Crippen molar-refractivity contribution in [3.8, 4) is 11.5 Å². The number of likely N-dealkylation sites (N-methyl/N-ethyl adjacent to an activating group) is 1. The van der Waals surface area contributed by atoms with Gasteiger partial charge in [0, 0.05) is 13.1 Å². The summed E-state index contributed by atoms with van der Waals surface area (Å²) in [6.45, 7) is 1.04. The van der Waals surface area contributed by atoms with Gasteiger partial charge in [-0.1, -0.05) is 25.0 Å². The fraction of sp³-hybridized carbons (Fsp3) is 0.632. The van der Waals surface area contributed by atoms with Gasteiger partial charge < -0.3 is 19.7 Å². The van der Waals surface area contributed by atoms with Crippen LogP contribution in [0.25, 0.3) is 0 Å². The molecule has 5 heteroatoms. The monoisotopic (exact) mass is 330 g/mol. The fourth-order valence-corrected chi connectivity index (χ4v) is 4.33. The number of para-hydroxylation sites is 2. The zero-order chi connectivity index (χ0) is 16.5. The number of carbonyl (C=O) groups excluding carboxylic acids is 1. The Kier molecular flexibility index (Phi) is 4.35. The minimum absolute atomic E-state index is 0.0279. The van der Waals surface area contributed by atoms with Crippen molar-refractivity contribution in [2.75, 3.05) is 20.2 Å². The molecule has 5 nitrogen and oxygen atoms in total. The fourth-order valence-electron chi connectivity index (χ4n) is 4.33. The third-order valence-electron chi connectivity index (χ3n) is 5.58. The SMILES string of the molecule is CN(CC1COc2ccccc2O1)C(=O)C1CC2CCCCC2N1. The number of nitrogens with zero attached hydrogens (tertiary/aromatic N) is 1. The van der Waals surface area contributed by atoms with E-state index in [9.17, 15) is 4.79 Å². The molecule has 0 bridgehead atoms. The Morgan fingerprint density at radius 1 is 1.25 bits per heavy atom. The molecule has 130 valence electrons. The van der Waals surface area contributed by atoms with Crippen LogP contribution in [0.15, 0.2) is 24.3 Å². The number of rotatable bonds is 3. The summed E-state index contributed by atoms with van der Waals surface area (Å²) in [6.07, 6.45) is 5.95. The van der Waals surface area contributed by atoms with Crippen LogP contribution in [0.3, 0.4) is 0 Å². The van der Waals surface area contributed by atoms with Crippen molar-refractivity contribution in [3.63, 3.8) is 0 Å². The first kappa shape index (κ1) is 15.8. The molecule has 3 aliphatic rings. The van der Waals surface area contributed by atoms with Crippen LogP contribution in [0.5, 0.6) is 11.5 Å². The van der Waals surface area contributed by atoms with Gasteiger partial charge in [-0.2, -0.15) is 0 Å². The molecule has 1 saturated heterocycles. The van der Waals surface area contributed by atoms with E-state index in [1.807, 2.05) is 31.3 Å². The number of nitrogens with one attached hydrogen (secondary N) is 1. The number of fused-ring (bicyclic) bond motifs is 2. The molecule has 0 aromatic heterocycles. The van der Waals surface area contributed by atoms with Crippen LogP contribution in [0, 0.1) is 5.92 Å². The molecule has 2 heterocycles. The standard InChI is InChI=1S/C19H26N2O3/c1-21(11-14-12-23-17-8-4-5-9-18(17)24-14)19(22)16-10-13-6-2-3-7-15(13)20-16/h4-5,8-9,13-16,20H,2-3,6-7,10-12H2,1H3. The van der Waals surface area contributed by atoms with Crippen LogP contribution in [-0.4, -0.2) is 49.2 Å². The summed E-state index contributed by atoms with van der Waals surface area (Å²) in [6, 6.07) is 8.20. The molecular weight excluding hydrogens is 304 g/mol. The number of ether oxygens (including phenoxy) is 2. The van der Waals surface area contributed by atoms with E-state index in [0.717, 1.165) is 17.9 Å². The van der Waals surface area contributed by atoms with Gasteiger partial charge >= 0.3 is 0 Å².